The smallest absolute Gasteiger partial charge is 0.269 e. The third-order valence-corrected chi connectivity index (χ3v) is 3.12. The lowest BCUT2D eigenvalue weighted by Crippen LogP contribution is -2.26. The largest absolute Gasteiger partial charge is 0.362 e. The second kappa shape index (κ2) is 5.08. The van der Waals surface area contributed by atoms with Crippen LogP contribution in [0.15, 0.2) is 53.3 Å². The van der Waals surface area contributed by atoms with Crippen molar-refractivity contribution in [2.45, 2.75) is 6.29 Å². The lowest BCUT2D eigenvalue weighted by Gasteiger charge is -2.14. The highest BCUT2D eigenvalue weighted by Gasteiger charge is 2.19. The zero-order chi connectivity index (χ0) is 15.0. The molecular formula is C15H11FN2O3. The van der Waals surface area contributed by atoms with E-state index in [-0.39, 0.29) is 16.7 Å². The number of aliphatic hydroxyl groups is 2. The van der Waals surface area contributed by atoms with Crippen LogP contribution in [0, 0.1) is 5.82 Å². The second-order valence-electron chi connectivity index (χ2n) is 4.45. The summed E-state index contributed by atoms with van der Waals surface area (Å²) < 4.78 is 14.9. The Morgan fingerprint density at radius 2 is 1.76 bits per heavy atom. The Labute approximate surface area is 118 Å². The average molecular weight is 286 g/mol. The summed E-state index contributed by atoms with van der Waals surface area (Å²) in [5.41, 5.74) is -0.231. The fourth-order valence-electron chi connectivity index (χ4n) is 2.21. The van der Waals surface area contributed by atoms with Crippen molar-refractivity contribution in [2.75, 3.05) is 0 Å². The van der Waals surface area contributed by atoms with Crippen LogP contribution in [0.2, 0.25) is 0 Å². The van der Waals surface area contributed by atoms with Crippen molar-refractivity contribution in [1.82, 2.24) is 9.55 Å². The van der Waals surface area contributed by atoms with Crippen LogP contribution < -0.4 is 5.56 Å². The molecule has 6 heteroatoms. The molecule has 0 aliphatic heterocycles. The third kappa shape index (κ3) is 2.20. The summed E-state index contributed by atoms with van der Waals surface area (Å²) in [5.74, 6) is -0.960. The summed E-state index contributed by atoms with van der Waals surface area (Å²) in [7, 11) is 0. The van der Waals surface area contributed by atoms with Gasteiger partial charge in [-0.3, -0.25) is 9.36 Å². The Hall–Kier alpha value is -2.57. The molecule has 2 N–H and O–H groups in total. The molecule has 1 heterocycles. The highest BCUT2D eigenvalue weighted by atomic mass is 19.1. The van der Waals surface area contributed by atoms with Gasteiger partial charge in [0, 0.05) is 0 Å². The van der Waals surface area contributed by atoms with Gasteiger partial charge in [-0.15, -0.1) is 0 Å². The lowest BCUT2D eigenvalue weighted by molar-refractivity contribution is -0.0510. The van der Waals surface area contributed by atoms with Crippen LogP contribution in [0.4, 0.5) is 4.39 Å². The number of nitrogens with zero attached hydrogens (tertiary/aromatic N) is 2. The van der Waals surface area contributed by atoms with Gasteiger partial charge < -0.3 is 10.2 Å². The number of hydrogen-bond donors (Lipinski definition) is 2. The van der Waals surface area contributed by atoms with Crippen molar-refractivity contribution in [3.05, 3.63) is 70.5 Å². The molecule has 0 saturated heterocycles. The lowest BCUT2D eigenvalue weighted by atomic mass is 10.2. The number of rotatable bonds is 2. The van der Waals surface area contributed by atoms with Gasteiger partial charge in [-0.1, -0.05) is 24.3 Å². The molecule has 3 rings (SSSR count). The van der Waals surface area contributed by atoms with E-state index in [0.29, 0.717) is 5.69 Å². The summed E-state index contributed by atoms with van der Waals surface area (Å²) in [6.07, 6.45) is -1.95. The molecule has 0 fully saturated rings. The molecule has 0 spiro atoms. The van der Waals surface area contributed by atoms with Crippen LogP contribution in [-0.4, -0.2) is 19.8 Å². The van der Waals surface area contributed by atoms with Gasteiger partial charge in [0.2, 0.25) is 6.29 Å². The third-order valence-electron chi connectivity index (χ3n) is 3.12. The molecule has 5 nitrogen and oxygen atoms in total. The summed E-state index contributed by atoms with van der Waals surface area (Å²) in [6, 6.07) is 12.3. The molecule has 0 amide bonds. The fraction of sp³-hybridized carbons (Fsp3) is 0.0667. The van der Waals surface area contributed by atoms with Crippen molar-refractivity contribution in [3.63, 3.8) is 0 Å². The van der Waals surface area contributed by atoms with Crippen molar-refractivity contribution < 1.29 is 14.6 Å². The van der Waals surface area contributed by atoms with Crippen LogP contribution in [0.3, 0.4) is 0 Å². The Kier molecular flexibility index (Phi) is 3.25. The van der Waals surface area contributed by atoms with E-state index >= 15 is 0 Å². The first-order chi connectivity index (χ1) is 10.1. The topological polar surface area (TPSA) is 75.3 Å². The van der Waals surface area contributed by atoms with Gasteiger partial charge in [-0.05, 0) is 24.3 Å². The van der Waals surface area contributed by atoms with Gasteiger partial charge >= 0.3 is 0 Å². The predicted octanol–water partition coefficient (Wildman–Crippen LogP) is 1.51. The van der Waals surface area contributed by atoms with Crippen LogP contribution in [-0.2, 0) is 0 Å². The van der Waals surface area contributed by atoms with Crippen LogP contribution >= 0.6 is 0 Å². The van der Waals surface area contributed by atoms with E-state index < -0.39 is 17.7 Å². The Morgan fingerprint density at radius 3 is 2.43 bits per heavy atom. The first kappa shape index (κ1) is 13.4. The van der Waals surface area contributed by atoms with E-state index in [9.17, 15) is 19.4 Å². The zero-order valence-electron chi connectivity index (χ0n) is 10.8. The van der Waals surface area contributed by atoms with Gasteiger partial charge in [0.15, 0.2) is 5.82 Å². The van der Waals surface area contributed by atoms with Gasteiger partial charge in [0.25, 0.3) is 5.56 Å². The molecular weight excluding hydrogens is 275 g/mol. The van der Waals surface area contributed by atoms with E-state index in [4.69, 9.17) is 0 Å². The molecule has 0 aliphatic rings. The minimum Gasteiger partial charge on any atom is -0.362 e. The van der Waals surface area contributed by atoms with Gasteiger partial charge in [-0.25, -0.2) is 9.37 Å². The molecule has 0 radical (unpaired) electrons. The molecule has 2 aromatic carbocycles. The first-order valence-corrected chi connectivity index (χ1v) is 6.22. The average Bonchev–Trinajstić information content (AvgIpc) is 2.47. The van der Waals surface area contributed by atoms with Gasteiger partial charge in [-0.2, -0.15) is 0 Å². The highest BCUT2D eigenvalue weighted by molar-refractivity contribution is 5.78. The van der Waals surface area contributed by atoms with Crippen LogP contribution in [0.5, 0.6) is 0 Å². The Balaban J connectivity index is 2.47. The maximum absolute atomic E-state index is 13.9. The van der Waals surface area contributed by atoms with Crippen molar-refractivity contribution in [2.24, 2.45) is 0 Å². The number of aliphatic hydroxyl groups excluding tert-OH is 1. The molecule has 0 saturated carbocycles. The molecule has 21 heavy (non-hydrogen) atoms. The van der Waals surface area contributed by atoms with Crippen molar-refractivity contribution >= 4 is 10.9 Å². The summed E-state index contributed by atoms with van der Waals surface area (Å²) >= 11 is 0. The monoisotopic (exact) mass is 286 g/mol. The fourth-order valence-corrected chi connectivity index (χ4v) is 2.21. The minimum atomic E-state index is -1.95. The second-order valence-corrected chi connectivity index (χ2v) is 4.45. The van der Waals surface area contributed by atoms with Gasteiger partial charge in [0.1, 0.15) is 11.2 Å². The maximum Gasteiger partial charge on any atom is 0.269 e. The van der Waals surface area contributed by atoms with Crippen LogP contribution in [0.25, 0.3) is 16.6 Å². The van der Waals surface area contributed by atoms with Crippen molar-refractivity contribution in [3.8, 4) is 5.69 Å². The first-order valence-electron chi connectivity index (χ1n) is 6.22. The quantitative estimate of drug-likeness (QED) is 0.700. The standard InChI is InChI=1S/C15H11FN2O3/c16-10-7-4-8-11-12(10)14(19)18(13(17-11)15(20)21)9-5-2-1-3-6-9/h1-8,15,20-21H. The number of para-hydroxylation sites is 1. The molecule has 1 aromatic heterocycles. The summed E-state index contributed by atoms with van der Waals surface area (Å²) in [6.45, 7) is 0. The highest BCUT2D eigenvalue weighted by Crippen LogP contribution is 2.18. The molecule has 0 aliphatic carbocycles. The normalized spacial score (nSPS) is 11.2. The number of hydrogen-bond acceptors (Lipinski definition) is 4. The summed E-state index contributed by atoms with van der Waals surface area (Å²) in [4.78, 5) is 16.5. The van der Waals surface area contributed by atoms with E-state index in [1.54, 1.807) is 30.3 Å². The maximum atomic E-state index is 13.9. The van der Waals surface area contributed by atoms with Crippen molar-refractivity contribution in [1.29, 1.82) is 0 Å². The number of benzene rings is 2. The summed E-state index contributed by atoms with van der Waals surface area (Å²) in [5, 5.41) is 18.7. The van der Waals surface area contributed by atoms with E-state index in [2.05, 4.69) is 4.98 Å². The van der Waals surface area contributed by atoms with E-state index in [1.807, 2.05) is 0 Å². The number of fused-ring (bicyclic) bond motifs is 1. The van der Waals surface area contributed by atoms with E-state index in [1.165, 1.54) is 12.1 Å². The molecule has 0 atom stereocenters. The minimum absolute atomic E-state index is 0.0790. The SMILES string of the molecule is O=c1c2c(F)cccc2nc(C(O)O)n1-c1ccccc1. The number of halogens is 1. The predicted molar refractivity (Wildman–Crippen MR) is 74.5 cm³/mol. The Morgan fingerprint density at radius 1 is 1.05 bits per heavy atom. The zero-order valence-corrected chi connectivity index (χ0v) is 10.8. The molecule has 106 valence electrons. The van der Waals surface area contributed by atoms with Gasteiger partial charge in [0.05, 0.1) is 11.2 Å². The molecule has 3 aromatic rings. The van der Waals surface area contributed by atoms with E-state index in [0.717, 1.165) is 10.6 Å². The molecule has 0 unspecified atom stereocenters. The molecule has 0 bridgehead atoms. The van der Waals surface area contributed by atoms with Crippen LogP contribution in [0.1, 0.15) is 12.1 Å². The Bertz CT molecular complexity index is 860. The number of aromatic nitrogens is 2.